The Bertz CT molecular complexity index is 594. The van der Waals surface area contributed by atoms with E-state index < -0.39 is 5.82 Å². The molecule has 0 atom stereocenters. The number of benzene rings is 1. The molecule has 0 radical (unpaired) electrons. The third kappa shape index (κ3) is 2.76. The third-order valence-corrected chi connectivity index (χ3v) is 2.00. The van der Waals surface area contributed by atoms with Crippen molar-refractivity contribution < 1.29 is 13.8 Å². The SMILES string of the molecule is CC(=O)Nc1nonc1N=Cc1ccccc1F. The first-order chi connectivity index (χ1) is 8.66. The van der Waals surface area contributed by atoms with Crippen LogP contribution in [0.3, 0.4) is 0 Å². The quantitative estimate of drug-likeness (QED) is 0.841. The summed E-state index contributed by atoms with van der Waals surface area (Å²) >= 11 is 0. The zero-order valence-corrected chi connectivity index (χ0v) is 9.42. The maximum atomic E-state index is 13.3. The van der Waals surface area contributed by atoms with Crippen molar-refractivity contribution in [2.45, 2.75) is 6.92 Å². The molecular formula is C11H9FN4O2. The molecule has 2 aromatic rings. The van der Waals surface area contributed by atoms with Crippen LogP contribution in [0.25, 0.3) is 0 Å². The van der Waals surface area contributed by atoms with E-state index in [1.54, 1.807) is 18.2 Å². The molecule has 1 aromatic carbocycles. The Labute approximate surface area is 101 Å². The van der Waals surface area contributed by atoms with Crippen LogP contribution < -0.4 is 5.32 Å². The van der Waals surface area contributed by atoms with E-state index in [1.165, 1.54) is 19.2 Å². The van der Waals surface area contributed by atoms with E-state index >= 15 is 0 Å². The molecule has 1 amide bonds. The third-order valence-electron chi connectivity index (χ3n) is 2.00. The largest absolute Gasteiger partial charge is 0.305 e. The molecule has 92 valence electrons. The van der Waals surface area contributed by atoms with Crippen LogP contribution in [-0.2, 0) is 4.79 Å². The second kappa shape index (κ2) is 5.17. The molecule has 0 fully saturated rings. The Morgan fingerprint density at radius 2 is 2.22 bits per heavy atom. The van der Waals surface area contributed by atoms with Crippen LogP contribution in [0, 0.1) is 5.82 Å². The Kier molecular flexibility index (Phi) is 3.42. The molecule has 18 heavy (non-hydrogen) atoms. The summed E-state index contributed by atoms with van der Waals surface area (Å²) in [5.74, 6) is -0.560. The number of hydrogen-bond acceptors (Lipinski definition) is 5. The van der Waals surface area contributed by atoms with Gasteiger partial charge >= 0.3 is 0 Å². The lowest BCUT2D eigenvalue weighted by molar-refractivity contribution is -0.114. The smallest absolute Gasteiger partial charge is 0.241 e. The molecule has 7 heteroatoms. The first-order valence-electron chi connectivity index (χ1n) is 5.05. The number of nitrogens with one attached hydrogen (secondary N) is 1. The van der Waals surface area contributed by atoms with Gasteiger partial charge in [-0.25, -0.2) is 14.0 Å². The normalized spacial score (nSPS) is 10.8. The van der Waals surface area contributed by atoms with E-state index in [9.17, 15) is 9.18 Å². The standard InChI is InChI=1S/C11H9FN4O2/c1-7(17)14-11-10(15-18-16-11)13-6-8-4-2-3-5-9(8)12/h2-6H,1H3,(H,14,16,17). The number of halogens is 1. The highest BCUT2D eigenvalue weighted by molar-refractivity contribution is 5.91. The maximum absolute atomic E-state index is 13.3. The van der Waals surface area contributed by atoms with Crippen molar-refractivity contribution in [1.29, 1.82) is 0 Å². The molecule has 1 heterocycles. The predicted molar refractivity (Wildman–Crippen MR) is 62.3 cm³/mol. The summed E-state index contributed by atoms with van der Waals surface area (Å²) < 4.78 is 17.8. The van der Waals surface area contributed by atoms with Gasteiger partial charge < -0.3 is 5.32 Å². The molecule has 2 rings (SSSR count). The molecule has 6 nitrogen and oxygen atoms in total. The van der Waals surface area contributed by atoms with Crippen LogP contribution in [0.1, 0.15) is 12.5 Å². The van der Waals surface area contributed by atoms with Crippen LogP contribution >= 0.6 is 0 Å². The number of anilines is 1. The van der Waals surface area contributed by atoms with Crippen molar-refractivity contribution in [1.82, 2.24) is 10.3 Å². The van der Waals surface area contributed by atoms with Crippen molar-refractivity contribution >= 4 is 23.8 Å². The number of amides is 1. The van der Waals surface area contributed by atoms with Gasteiger partial charge in [-0.15, -0.1) is 0 Å². The molecule has 0 saturated heterocycles. The second-order valence-corrected chi connectivity index (χ2v) is 3.40. The van der Waals surface area contributed by atoms with Gasteiger partial charge in [0.1, 0.15) is 5.82 Å². The lowest BCUT2D eigenvalue weighted by Crippen LogP contribution is -2.06. The van der Waals surface area contributed by atoms with Crippen LogP contribution in [0.2, 0.25) is 0 Å². The number of hydrogen-bond donors (Lipinski definition) is 1. The van der Waals surface area contributed by atoms with Gasteiger partial charge in [0.15, 0.2) is 0 Å². The van der Waals surface area contributed by atoms with E-state index in [2.05, 4.69) is 25.3 Å². The van der Waals surface area contributed by atoms with Gasteiger partial charge in [-0.2, -0.15) is 0 Å². The van der Waals surface area contributed by atoms with E-state index in [0.717, 1.165) is 0 Å². The number of aliphatic imine (C=N–C) groups is 1. The minimum atomic E-state index is -0.404. The van der Waals surface area contributed by atoms with Gasteiger partial charge in [0.25, 0.3) is 0 Å². The first-order valence-corrected chi connectivity index (χ1v) is 5.05. The number of carbonyl (C=O) groups excluding carboxylic acids is 1. The molecule has 1 N–H and O–H groups in total. The van der Waals surface area contributed by atoms with Crippen molar-refractivity contribution in [2.24, 2.45) is 4.99 Å². The van der Waals surface area contributed by atoms with Crippen molar-refractivity contribution in [2.75, 3.05) is 5.32 Å². The summed E-state index contributed by atoms with van der Waals surface area (Å²) in [5, 5.41) is 9.35. The van der Waals surface area contributed by atoms with Crippen LogP contribution in [0.4, 0.5) is 16.0 Å². The number of aromatic nitrogens is 2. The zero-order valence-electron chi connectivity index (χ0n) is 9.42. The summed E-state index contributed by atoms with van der Waals surface area (Å²) in [6.45, 7) is 1.32. The molecule has 0 spiro atoms. The zero-order chi connectivity index (χ0) is 13.0. The van der Waals surface area contributed by atoms with Crippen molar-refractivity contribution in [3.05, 3.63) is 35.6 Å². The average Bonchev–Trinajstić information content (AvgIpc) is 2.75. The summed E-state index contributed by atoms with van der Waals surface area (Å²) in [5.41, 5.74) is 0.300. The average molecular weight is 248 g/mol. The van der Waals surface area contributed by atoms with Crippen molar-refractivity contribution in [3.63, 3.8) is 0 Å². The fraction of sp³-hybridized carbons (Fsp3) is 0.0909. The molecule has 0 aliphatic carbocycles. The Morgan fingerprint density at radius 3 is 2.94 bits per heavy atom. The van der Waals surface area contributed by atoms with Crippen molar-refractivity contribution in [3.8, 4) is 0 Å². The van der Waals surface area contributed by atoms with Gasteiger partial charge in [-0.1, -0.05) is 18.2 Å². The van der Waals surface area contributed by atoms with Crippen LogP contribution in [0.5, 0.6) is 0 Å². The van der Waals surface area contributed by atoms with Crippen LogP contribution in [-0.4, -0.2) is 22.4 Å². The molecule has 0 aliphatic rings. The fourth-order valence-corrected chi connectivity index (χ4v) is 1.22. The summed E-state index contributed by atoms with van der Waals surface area (Å²) in [6.07, 6.45) is 1.28. The van der Waals surface area contributed by atoms with Gasteiger partial charge in [0.05, 0.1) is 0 Å². The topological polar surface area (TPSA) is 80.4 Å². The maximum Gasteiger partial charge on any atom is 0.241 e. The minimum absolute atomic E-state index is 0.0773. The number of rotatable bonds is 3. The predicted octanol–water partition coefficient (Wildman–Crippen LogP) is 1.92. The second-order valence-electron chi connectivity index (χ2n) is 3.40. The van der Waals surface area contributed by atoms with Gasteiger partial charge in [0, 0.05) is 18.7 Å². The summed E-state index contributed by atoms with van der Waals surface area (Å²) in [4.78, 5) is 14.8. The monoisotopic (exact) mass is 248 g/mol. The highest BCUT2D eigenvalue weighted by atomic mass is 19.1. The Hall–Kier alpha value is -2.57. The summed E-state index contributed by atoms with van der Waals surface area (Å²) in [7, 11) is 0. The fourth-order valence-electron chi connectivity index (χ4n) is 1.22. The number of carbonyl (C=O) groups is 1. The molecule has 0 saturated carbocycles. The first kappa shape index (κ1) is 11.9. The van der Waals surface area contributed by atoms with Crippen LogP contribution in [0.15, 0.2) is 33.9 Å². The van der Waals surface area contributed by atoms with E-state index in [0.29, 0.717) is 5.56 Å². The molecule has 0 aliphatic heterocycles. The highest BCUT2D eigenvalue weighted by Gasteiger charge is 2.09. The minimum Gasteiger partial charge on any atom is -0.305 e. The van der Waals surface area contributed by atoms with Gasteiger partial charge in [0.2, 0.25) is 17.5 Å². The molecule has 0 bridgehead atoms. The molecule has 1 aromatic heterocycles. The summed E-state index contributed by atoms with van der Waals surface area (Å²) in [6, 6.07) is 6.13. The highest BCUT2D eigenvalue weighted by Crippen LogP contribution is 2.19. The van der Waals surface area contributed by atoms with Gasteiger partial charge in [-0.3, -0.25) is 4.79 Å². The van der Waals surface area contributed by atoms with Gasteiger partial charge in [-0.05, 0) is 16.4 Å². The Balaban J connectivity index is 2.22. The molecule has 0 unspecified atom stereocenters. The lowest BCUT2D eigenvalue weighted by atomic mass is 10.2. The van der Waals surface area contributed by atoms with E-state index in [1.807, 2.05) is 0 Å². The lowest BCUT2D eigenvalue weighted by Gasteiger charge is -1.95. The molecular weight excluding hydrogens is 239 g/mol. The Morgan fingerprint density at radius 1 is 1.44 bits per heavy atom. The van der Waals surface area contributed by atoms with E-state index in [4.69, 9.17) is 0 Å². The number of nitrogens with zero attached hydrogens (tertiary/aromatic N) is 3. The van der Waals surface area contributed by atoms with E-state index in [-0.39, 0.29) is 17.5 Å².